The van der Waals surface area contributed by atoms with Gasteiger partial charge in [-0.3, -0.25) is 0 Å². The van der Waals surface area contributed by atoms with E-state index in [4.69, 9.17) is 5.53 Å². The fourth-order valence-electron chi connectivity index (χ4n) is 4.87. The lowest BCUT2D eigenvalue weighted by Gasteiger charge is -2.14. The summed E-state index contributed by atoms with van der Waals surface area (Å²) in [5, 5.41) is 16.6. The van der Waals surface area contributed by atoms with Crippen molar-refractivity contribution in [3.05, 3.63) is 99.4 Å². The third-order valence-electron chi connectivity index (χ3n) is 7.12. The number of carbonyl (C=O) groups excluding carboxylic acids is 1. The number of aromatic hydroxyl groups is 1. The number of benzene rings is 3. The van der Waals surface area contributed by atoms with Gasteiger partial charge in [0.05, 0.1) is 4.90 Å². The van der Waals surface area contributed by atoms with Crippen LogP contribution in [0.3, 0.4) is 0 Å². The molecule has 0 unspecified atom stereocenters. The monoisotopic (exact) mass is 591 g/mol. The standard InChI is InChI=1S/C32H41N5O4S/c1-2-3-4-5-6-7-8-12-15-27-23-26(24-28(31(27)38)22-25-13-10-9-11-14-25)20-21-34-32(39)35-29-16-18-30(19-17-29)42(40,41)37-36-33/h9-11,13-14,16-19,23-24,38H,2-8,12,15,20-22H2,1H3,(H2,34,35,39). The number of carbonyl (C=O) groups is 1. The van der Waals surface area contributed by atoms with Crippen molar-refractivity contribution >= 4 is 21.7 Å². The first kappa shape index (κ1) is 32.5. The minimum atomic E-state index is -4.08. The van der Waals surface area contributed by atoms with Gasteiger partial charge in [0.15, 0.2) is 0 Å². The van der Waals surface area contributed by atoms with Crippen LogP contribution in [0.5, 0.6) is 5.75 Å². The molecule has 3 rings (SSSR count). The van der Waals surface area contributed by atoms with Crippen molar-refractivity contribution in [1.29, 1.82) is 0 Å². The summed E-state index contributed by atoms with van der Waals surface area (Å²) in [7, 11) is -4.08. The summed E-state index contributed by atoms with van der Waals surface area (Å²) in [5.74, 6) is 0.363. The van der Waals surface area contributed by atoms with Gasteiger partial charge in [-0.05, 0) is 71.3 Å². The smallest absolute Gasteiger partial charge is 0.319 e. The van der Waals surface area contributed by atoms with Gasteiger partial charge in [-0.1, -0.05) is 94.3 Å². The summed E-state index contributed by atoms with van der Waals surface area (Å²) >= 11 is 0. The van der Waals surface area contributed by atoms with Crippen molar-refractivity contribution in [1.82, 2.24) is 5.32 Å². The Kier molecular flexibility index (Phi) is 13.2. The largest absolute Gasteiger partial charge is 0.507 e. The normalized spacial score (nSPS) is 11.1. The number of hydrogen-bond donors (Lipinski definition) is 3. The second kappa shape index (κ2) is 17.1. The van der Waals surface area contributed by atoms with Crippen LogP contribution in [0, 0.1) is 0 Å². The molecule has 9 nitrogen and oxygen atoms in total. The fraction of sp³-hybridized carbons (Fsp3) is 0.406. The Morgan fingerprint density at radius 3 is 2.17 bits per heavy atom. The van der Waals surface area contributed by atoms with Crippen LogP contribution in [-0.2, 0) is 29.3 Å². The Morgan fingerprint density at radius 1 is 0.857 bits per heavy atom. The molecule has 2 amide bonds. The molecule has 0 aliphatic rings. The molecular formula is C32H41N5O4S. The van der Waals surface area contributed by atoms with Crippen molar-refractivity contribution < 1.29 is 18.3 Å². The molecule has 10 heteroatoms. The second-order valence-electron chi connectivity index (χ2n) is 10.5. The summed E-state index contributed by atoms with van der Waals surface area (Å²) in [5.41, 5.74) is 12.8. The molecule has 0 fully saturated rings. The quantitative estimate of drug-likeness (QED) is 0.0631. The van der Waals surface area contributed by atoms with Crippen LogP contribution in [0.2, 0.25) is 0 Å². The Balaban J connectivity index is 1.59. The zero-order valence-electron chi connectivity index (χ0n) is 24.3. The molecule has 0 spiro atoms. The third kappa shape index (κ3) is 10.8. The lowest BCUT2D eigenvalue weighted by Crippen LogP contribution is -2.30. The number of anilines is 1. The number of sulfonamides is 1. The minimum absolute atomic E-state index is 0.160. The van der Waals surface area contributed by atoms with Gasteiger partial charge in [-0.15, -0.1) is 0 Å². The van der Waals surface area contributed by atoms with Crippen LogP contribution in [0.4, 0.5) is 10.5 Å². The van der Waals surface area contributed by atoms with Gasteiger partial charge >= 0.3 is 6.03 Å². The zero-order valence-corrected chi connectivity index (χ0v) is 25.1. The van der Waals surface area contributed by atoms with Crippen molar-refractivity contribution in [2.45, 2.75) is 82.4 Å². The van der Waals surface area contributed by atoms with Crippen LogP contribution < -0.4 is 10.6 Å². The molecule has 3 aromatic carbocycles. The molecule has 0 radical (unpaired) electrons. The predicted molar refractivity (Wildman–Crippen MR) is 167 cm³/mol. The number of nitrogens with zero attached hydrogens (tertiary/aromatic N) is 3. The van der Waals surface area contributed by atoms with Gasteiger partial charge in [-0.2, -0.15) is 0 Å². The molecule has 3 aromatic rings. The van der Waals surface area contributed by atoms with Crippen LogP contribution in [0.25, 0.3) is 10.4 Å². The number of rotatable bonds is 17. The first-order chi connectivity index (χ1) is 20.3. The number of phenolic OH excluding ortho intramolecular Hbond substituents is 1. The summed E-state index contributed by atoms with van der Waals surface area (Å²) < 4.78 is 26.4. The highest BCUT2D eigenvalue weighted by molar-refractivity contribution is 7.90. The highest BCUT2D eigenvalue weighted by Crippen LogP contribution is 2.29. The maximum Gasteiger partial charge on any atom is 0.319 e. The number of phenols is 1. The minimum Gasteiger partial charge on any atom is -0.507 e. The predicted octanol–water partition coefficient (Wildman–Crippen LogP) is 8.03. The van der Waals surface area contributed by atoms with E-state index in [2.05, 4.69) is 39.1 Å². The van der Waals surface area contributed by atoms with E-state index >= 15 is 0 Å². The van der Waals surface area contributed by atoms with Gasteiger partial charge in [0.1, 0.15) is 5.75 Å². The Labute approximate surface area is 249 Å². The van der Waals surface area contributed by atoms with Crippen molar-refractivity contribution in [2.75, 3.05) is 11.9 Å². The number of aryl methyl sites for hydroxylation is 1. The van der Waals surface area contributed by atoms with E-state index in [-0.39, 0.29) is 4.90 Å². The number of unbranched alkanes of at least 4 members (excludes halogenated alkanes) is 7. The Morgan fingerprint density at radius 2 is 1.50 bits per heavy atom. The lowest BCUT2D eigenvalue weighted by molar-refractivity contribution is 0.252. The highest BCUT2D eigenvalue weighted by Gasteiger charge is 2.13. The number of amides is 2. The average Bonchev–Trinajstić information content (AvgIpc) is 2.97. The number of urea groups is 1. The van der Waals surface area contributed by atoms with Crippen LogP contribution in [0.1, 0.15) is 80.5 Å². The molecule has 42 heavy (non-hydrogen) atoms. The summed E-state index contributed by atoms with van der Waals surface area (Å²) in [6, 6.07) is 19.1. The molecule has 0 saturated carbocycles. The SMILES string of the molecule is CCCCCCCCCCc1cc(CCNC(=O)Nc2ccc(S(=O)(=O)N=[N+]=[N-])cc2)cc(Cc2ccccc2)c1O. The van der Waals surface area contributed by atoms with E-state index in [1.807, 2.05) is 30.3 Å². The van der Waals surface area contributed by atoms with Gasteiger partial charge < -0.3 is 15.7 Å². The van der Waals surface area contributed by atoms with Crippen molar-refractivity contribution in [3.63, 3.8) is 0 Å². The third-order valence-corrected chi connectivity index (χ3v) is 8.27. The molecule has 0 aromatic heterocycles. The topological polar surface area (TPSA) is 144 Å². The first-order valence-corrected chi connectivity index (χ1v) is 16.1. The summed E-state index contributed by atoms with van der Waals surface area (Å²) in [6.45, 7) is 2.61. The molecule has 0 saturated heterocycles. The maximum absolute atomic E-state index is 12.5. The molecule has 0 aliphatic carbocycles. The van der Waals surface area contributed by atoms with Crippen LogP contribution in [0.15, 0.2) is 76.1 Å². The van der Waals surface area contributed by atoms with Crippen molar-refractivity contribution in [2.24, 2.45) is 4.52 Å². The van der Waals surface area contributed by atoms with Crippen LogP contribution >= 0.6 is 0 Å². The van der Waals surface area contributed by atoms with Gasteiger partial charge in [0.25, 0.3) is 10.0 Å². The van der Waals surface area contributed by atoms with Gasteiger partial charge in [0, 0.05) is 28.1 Å². The molecular weight excluding hydrogens is 550 g/mol. The Bertz CT molecular complexity index is 1440. The zero-order chi connectivity index (χ0) is 30.2. The number of azide groups is 1. The molecule has 0 bridgehead atoms. The molecule has 224 valence electrons. The lowest BCUT2D eigenvalue weighted by atomic mass is 9.94. The second-order valence-corrected chi connectivity index (χ2v) is 12.0. The molecule has 0 atom stereocenters. The van der Waals surface area contributed by atoms with E-state index in [0.29, 0.717) is 30.8 Å². The summed E-state index contributed by atoms with van der Waals surface area (Å²) in [6.07, 6.45) is 11.8. The van der Waals surface area contributed by atoms with Crippen molar-refractivity contribution in [3.8, 4) is 5.75 Å². The average molecular weight is 592 g/mol. The van der Waals surface area contributed by atoms with Crippen LogP contribution in [-0.4, -0.2) is 26.1 Å². The Hall–Kier alpha value is -4.01. The maximum atomic E-state index is 12.5. The van der Waals surface area contributed by atoms with E-state index in [0.717, 1.165) is 41.5 Å². The highest BCUT2D eigenvalue weighted by atomic mass is 32.2. The van der Waals surface area contributed by atoms with E-state index in [9.17, 15) is 18.3 Å². The molecule has 3 N–H and O–H groups in total. The molecule has 0 heterocycles. The van der Waals surface area contributed by atoms with E-state index in [1.54, 1.807) is 0 Å². The fourth-order valence-corrected chi connectivity index (χ4v) is 5.54. The van der Waals surface area contributed by atoms with E-state index < -0.39 is 16.1 Å². The van der Waals surface area contributed by atoms with E-state index in [1.165, 1.54) is 62.8 Å². The number of hydrogen-bond acceptors (Lipinski definition) is 4. The summed E-state index contributed by atoms with van der Waals surface area (Å²) in [4.78, 5) is 14.6. The molecule has 0 aliphatic heterocycles. The van der Waals surface area contributed by atoms with Gasteiger partial charge in [0.2, 0.25) is 0 Å². The number of nitrogens with one attached hydrogen (secondary N) is 2. The van der Waals surface area contributed by atoms with Gasteiger partial charge in [-0.25, -0.2) is 13.2 Å². The first-order valence-electron chi connectivity index (χ1n) is 14.7.